The molecule has 2 heteroatoms. The van der Waals surface area contributed by atoms with Crippen LogP contribution in [0, 0.1) is 13.8 Å². The molecule has 2 nitrogen and oxygen atoms in total. The fourth-order valence-corrected chi connectivity index (χ4v) is 10.3. The Morgan fingerprint density at radius 1 is 0.361 bits per heavy atom. The van der Waals surface area contributed by atoms with Gasteiger partial charge in [-0.15, -0.1) is 0 Å². The van der Waals surface area contributed by atoms with Crippen molar-refractivity contribution in [2.24, 2.45) is 0 Å². The smallest absolute Gasteiger partial charge is 0.140 e. The molecule has 2 aliphatic rings. The maximum absolute atomic E-state index is 7.27. The number of nitrogens with zero attached hydrogens (tertiary/aromatic N) is 1. The summed E-state index contributed by atoms with van der Waals surface area (Å²) < 4.78 is 7.27. The molecule has 0 fully saturated rings. The van der Waals surface area contributed by atoms with Crippen molar-refractivity contribution in [1.82, 2.24) is 0 Å². The van der Waals surface area contributed by atoms with Crippen molar-refractivity contribution >= 4 is 38.6 Å². The number of benzene rings is 10. The maximum atomic E-state index is 7.27. The summed E-state index contributed by atoms with van der Waals surface area (Å²) in [5.41, 5.74) is 17.3. The highest BCUT2D eigenvalue weighted by atomic mass is 16.5. The minimum Gasteiger partial charge on any atom is -0.455 e. The van der Waals surface area contributed by atoms with Gasteiger partial charge in [0.1, 0.15) is 11.5 Å². The molecule has 0 saturated carbocycles. The predicted molar refractivity (Wildman–Crippen MR) is 254 cm³/mol. The normalized spacial score (nSPS) is 13.0. The molecule has 10 aromatic rings. The Labute approximate surface area is 356 Å². The van der Waals surface area contributed by atoms with Gasteiger partial charge < -0.3 is 9.64 Å². The number of rotatable bonds is 5. The molecule has 61 heavy (non-hydrogen) atoms. The van der Waals surface area contributed by atoms with Gasteiger partial charge in [-0.3, -0.25) is 0 Å². The van der Waals surface area contributed by atoms with Crippen LogP contribution in [0.5, 0.6) is 11.5 Å². The molecule has 0 aromatic heterocycles. The first-order chi connectivity index (χ1) is 30.1. The Morgan fingerprint density at radius 2 is 0.869 bits per heavy atom. The van der Waals surface area contributed by atoms with Crippen LogP contribution in [-0.4, -0.2) is 0 Å². The van der Waals surface area contributed by atoms with E-state index < -0.39 is 5.41 Å². The summed E-state index contributed by atoms with van der Waals surface area (Å²) in [5, 5.41) is 4.62. The summed E-state index contributed by atoms with van der Waals surface area (Å²) in [5.74, 6) is 1.87. The summed E-state index contributed by atoms with van der Waals surface area (Å²) in [4.78, 5) is 2.37. The van der Waals surface area contributed by atoms with E-state index in [2.05, 4.69) is 231 Å². The van der Waals surface area contributed by atoms with Gasteiger partial charge in [0.15, 0.2) is 0 Å². The predicted octanol–water partition coefficient (Wildman–Crippen LogP) is 15.9. The van der Waals surface area contributed by atoms with Crippen molar-refractivity contribution in [3.05, 3.63) is 246 Å². The van der Waals surface area contributed by atoms with E-state index in [-0.39, 0.29) is 0 Å². The van der Waals surface area contributed by atoms with Crippen molar-refractivity contribution in [2.75, 3.05) is 4.90 Å². The molecular weight excluding hydrogens is 739 g/mol. The molecular formula is C59H41NO. The fraction of sp³-hybridized carbons (Fsp3) is 0.0508. The first kappa shape index (κ1) is 35.3. The number of hydrogen-bond acceptors (Lipinski definition) is 2. The van der Waals surface area contributed by atoms with Gasteiger partial charge in [-0.25, -0.2) is 0 Å². The number of hydrogen-bond donors (Lipinski definition) is 0. The highest BCUT2D eigenvalue weighted by molar-refractivity contribution is 6.02. The molecule has 1 spiro atoms. The maximum Gasteiger partial charge on any atom is 0.140 e. The third-order valence-corrected chi connectivity index (χ3v) is 13.0. The average molecular weight is 780 g/mol. The summed E-state index contributed by atoms with van der Waals surface area (Å²) in [6, 6.07) is 78.0. The largest absolute Gasteiger partial charge is 0.455 e. The average Bonchev–Trinajstić information content (AvgIpc) is 3.60. The minimum absolute atomic E-state index is 0.617. The Kier molecular flexibility index (Phi) is 7.92. The zero-order valence-electron chi connectivity index (χ0n) is 34.1. The monoisotopic (exact) mass is 779 g/mol. The number of para-hydroxylation sites is 1. The highest BCUT2D eigenvalue weighted by Crippen LogP contribution is 2.65. The van der Waals surface area contributed by atoms with Crippen LogP contribution in [0.3, 0.4) is 0 Å². The topological polar surface area (TPSA) is 12.5 Å². The lowest BCUT2D eigenvalue weighted by atomic mass is 9.65. The van der Waals surface area contributed by atoms with E-state index in [4.69, 9.17) is 4.74 Å². The minimum atomic E-state index is -0.617. The fourth-order valence-electron chi connectivity index (χ4n) is 10.3. The first-order valence-corrected chi connectivity index (χ1v) is 21.2. The van der Waals surface area contributed by atoms with E-state index in [1.807, 2.05) is 0 Å². The zero-order chi connectivity index (χ0) is 40.7. The summed E-state index contributed by atoms with van der Waals surface area (Å²) in [6.07, 6.45) is 0. The van der Waals surface area contributed by atoms with Crippen LogP contribution in [0.1, 0.15) is 33.4 Å². The van der Waals surface area contributed by atoms with Crippen LogP contribution in [0.2, 0.25) is 0 Å². The second-order valence-electron chi connectivity index (χ2n) is 16.6. The molecule has 0 unspecified atom stereocenters. The summed E-state index contributed by atoms with van der Waals surface area (Å²) in [7, 11) is 0. The lowest BCUT2D eigenvalue weighted by Crippen LogP contribution is -2.32. The molecule has 0 atom stereocenters. The zero-order valence-corrected chi connectivity index (χ0v) is 34.1. The van der Waals surface area contributed by atoms with Crippen LogP contribution in [0.4, 0.5) is 17.1 Å². The van der Waals surface area contributed by atoms with Crippen molar-refractivity contribution in [1.29, 1.82) is 0 Å². The van der Waals surface area contributed by atoms with E-state index in [0.29, 0.717) is 0 Å². The van der Waals surface area contributed by atoms with Crippen LogP contribution >= 0.6 is 0 Å². The summed E-state index contributed by atoms with van der Waals surface area (Å²) >= 11 is 0. The van der Waals surface area contributed by atoms with Crippen molar-refractivity contribution in [3.63, 3.8) is 0 Å². The Hall–Kier alpha value is -7.68. The van der Waals surface area contributed by atoms with Crippen LogP contribution in [0.25, 0.3) is 54.9 Å². The molecule has 1 aliphatic carbocycles. The molecule has 12 rings (SSSR count). The third kappa shape index (κ3) is 5.35. The molecule has 0 radical (unpaired) electrons. The van der Waals surface area contributed by atoms with E-state index >= 15 is 0 Å². The lowest BCUT2D eigenvalue weighted by molar-refractivity contribution is 0.447. The quantitative estimate of drug-likeness (QED) is 0.172. The highest BCUT2D eigenvalue weighted by Gasteiger charge is 2.52. The van der Waals surface area contributed by atoms with E-state index in [9.17, 15) is 0 Å². The van der Waals surface area contributed by atoms with E-state index in [1.54, 1.807) is 0 Å². The van der Waals surface area contributed by atoms with Gasteiger partial charge in [-0.1, -0.05) is 187 Å². The Bertz CT molecular complexity index is 3270. The number of fused-ring (bicyclic) bond motifs is 13. The second kappa shape index (κ2) is 13.7. The molecule has 1 aliphatic heterocycles. The second-order valence-corrected chi connectivity index (χ2v) is 16.6. The van der Waals surface area contributed by atoms with Gasteiger partial charge in [-0.2, -0.15) is 0 Å². The summed E-state index contributed by atoms with van der Waals surface area (Å²) in [6.45, 7) is 4.32. The van der Waals surface area contributed by atoms with Gasteiger partial charge in [0.05, 0.1) is 5.41 Å². The Balaban J connectivity index is 1.10. The van der Waals surface area contributed by atoms with Crippen LogP contribution in [-0.2, 0) is 5.41 Å². The molecule has 0 amide bonds. The number of anilines is 3. The standard InChI is InChI=1S/C59H41NO/c1-38-26-30-49-43(34-38)28-32-54-57(49)61-58-50-31-27-39(2)35-44(50)29-33-55(58)59(54)52-24-10-9-22-51(52)56-48(23-13-25-53(56)59)42-17-12-21-47(37-42)60(45-18-7-4-8-19-45)46-20-11-16-41(36-46)40-14-5-3-6-15-40/h3-37H,1-2H3. The molecule has 0 N–H and O–H groups in total. The van der Waals surface area contributed by atoms with Crippen molar-refractivity contribution in [2.45, 2.75) is 19.3 Å². The SMILES string of the molecule is Cc1ccc2c3c(ccc2c1)C1(c2ccccc2-c2c(-c4cccc(N(c5ccccc5)c5cccc(-c6ccccc6)c5)c4)cccc21)c1ccc2cc(C)ccc2c1O3. The van der Waals surface area contributed by atoms with Gasteiger partial charge in [0.2, 0.25) is 0 Å². The molecule has 1 heterocycles. The van der Waals surface area contributed by atoms with Gasteiger partial charge in [-0.05, 0) is 106 Å². The molecule has 0 saturated heterocycles. The van der Waals surface area contributed by atoms with Gasteiger partial charge in [0, 0.05) is 39.0 Å². The van der Waals surface area contributed by atoms with Crippen molar-refractivity contribution in [3.8, 4) is 44.9 Å². The van der Waals surface area contributed by atoms with Crippen LogP contribution < -0.4 is 9.64 Å². The number of ether oxygens (including phenoxy) is 1. The van der Waals surface area contributed by atoms with Crippen molar-refractivity contribution < 1.29 is 4.74 Å². The first-order valence-electron chi connectivity index (χ1n) is 21.2. The molecule has 288 valence electrons. The lowest BCUT2D eigenvalue weighted by Gasteiger charge is -2.40. The van der Waals surface area contributed by atoms with E-state index in [1.165, 1.54) is 72.0 Å². The van der Waals surface area contributed by atoms with Gasteiger partial charge >= 0.3 is 0 Å². The molecule has 0 bridgehead atoms. The van der Waals surface area contributed by atoms with Crippen LogP contribution in [0.15, 0.2) is 212 Å². The Morgan fingerprint density at radius 3 is 1.54 bits per heavy atom. The van der Waals surface area contributed by atoms with E-state index in [0.717, 1.165) is 44.9 Å². The molecule has 10 aromatic carbocycles. The third-order valence-electron chi connectivity index (χ3n) is 13.0. The number of aryl methyl sites for hydroxylation is 2. The van der Waals surface area contributed by atoms with Gasteiger partial charge in [0.25, 0.3) is 0 Å².